The molecule has 2 amide bonds. The summed E-state index contributed by atoms with van der Waals surface area (Å²) in [6.07, 6.45) is 1.24. The van der Waals surface area contributed by atoms with Crippen LogP contribution in [0.5, 0.6) is 11.5 Å². The minimum atomic E-state index is -0.319. The molecule has 178 valence electrons. The zero-order valence-electron chi connectivity index (χ0n) is 17.3. The molecular weight excluding hydrogens is 532 g/mol. The van der Waals surface area contributed by atoms with Gasteiger partial charge in [0, 0.05) is 22.9 Å². The third-order valence-electron chi connectivity index (χ3n) is 3.97. The van der Waals surface area contributed by atoms with Crippen LogP contribution in [0.15, 0.2) is 36.4 Å². The fourth-order valence-electron chi connectivity index (χ4n) is 2.42. The molecule has 0 atom stereocenters. The summed E-state index contributed by atoms with van der Waals surface area (Å²) in [5.41, 5.74) is 4.89. The van der Waals surface area contributed by atoms with Gasteiger partial charge in [-0.3, -0.25) is 20.4 Å². The van der Waals surface area contributed by atoms with Crippen molar-refractivity contribution in [1.29, 1.82) is 0 Å². The molecule has 0 aromatic heterocycles. The molecule has 0 aliphatic rings. The van der Waals surface area contributed by atoms with Gasteiger partial charge in [0.05, 0.1) is 23.3 Å². The molecule has 0 fully saturated rings. The second kappa shape index (κ2) is 14.3. The average Bonchev–Trinajstić information content (AvgIpc) is 2.75. The number of ether oxygens (including phenoxy) is 2. The summed E-state index contributed by atoms with van der Waals surface area (Å²) in [6, 6.07) is 9.79. The number of thiocarbonyl (C=S) groups is 1. The van der Waals surface area contributed by atoms with Crippen molar-refractivity contribution in [2.24, 2.45) is 0 Å². The molecule has 2 aromatic rings. The Bertz CT molecular complexity index is 994. The maximum atomic E-state index is 11.9. The number of hydrogen-bond donors (Lipinski definition) is 3. The van der Waals surface area contributed by atoms with Crippen molar-refractivity contribution in [3.05, 3.63) is 56.5 Å². The monoisotopic (exact) mass is 551 g/mol. The van der Waals surface area contributed by atoms with Gasteiger partial charge in [-0.05, 0) is 61.5 Å². The van der Waals surface area contributed by atoms with Crippen LogP contribution in [0, 0.1) is 0 Å². The van der Waals surface area contributed by atoms with Crippen molar-refractivity contribution >= 4 is 75.5 Å². The number of carbonyl (C=O) groups excluding carboxylic acids is 2. The maximum absolute atomic E-state index is 11.9. The fraction of sp³-hybridized carbons (Fsp3) is 0.286. The zero-order chi connectivity index (χ0) is 24.2. The Labute approximate surface area is 217 Å². The molecule has 0 saturated carbocycles. The van der Waals surface area contributed by atoms with E-state index in [0.717, 1.165) is 0 Å². The second-order valence-corrected chi connectivity index (χ2v) is 8.70. The largest absolute Gasteiger partial charge is 0.492 e. The zero-order valence-corrected chi connectivity index (χ0v) is 21.1. The van der Waals surface area contributed by atoms with Gasteiger partial charge in [0.15, 0.2) is 5.11 Å². The molecule has 2 aromatic carbocycles. The van der Waals surface area contributed by atoms with Crippen LogP contribution < -0.4 is 25.6 Å². The first-order valence-electron chi connectivity index (χ1n) is 9.79. The summed E-state index contributed by atoms with van der Waals surface area (Å²) in [4.78, 5) is 23.8. The van der Waals surface area contributed by atoms with Gasteiger partial charge in [-0.25, -0.2) is 0 Å². The molecule has 0 radical (unpaired) electrons. The van der Waals surface area contributed by atoms with Gasteiger partial charge in [0.25, 0.3) is 0 Å². The summed E-state index contributed by atoms with van der Waals surface area (Å²) >= 11 is 28.7. The van der Waals surface area contributed by atoms with Crippen molar-refractivity contribution < 1.29 is 19.1 Å². The van der Waals surface area contributed by atoms with Gasteiger partial charge in [-0.15, -0.1) is 0 Å². The summed E-state index contributed by atoms with van der Waals surface area (Å²) in [5.74, 6) is 0.347. The normalized spacial score (nSPS) is 10.3. The van der Waals surface area contributed by atoms with Gasteiger partial charge >= 0.3 is 0 Å². The number of nitrogens with one attached hydrogen (secondary N) is 3. The summed E-state index contributed by atoms with van der Waals surface area (Å²) in [5, 5.41) is 4.27. The van der Waals surface area contributed by atoms with Gasteiger partial charge in [-0.1, -0.05) is 46.4 Å². The topological polar surface area (TPSA) is 88.7 Å². The van der Waals surface area contributed by atoms with E-state index in [0.29, 0.717) is 51.0 Å². The minimum absolute atomic E-state index is 0.0146. The van der Waals surface area contributed by atoms with Gasteiger partial charge in [-0.2, -0.15) is 0 Å². The predicted octanol–water partition coefficient (Wildman–Crippen LogP) is 5.34. The molecule has 0 aliphatic heterocycles. The summed E-state index contributed by atoms with van der Waals surface area (Å²) < 4.78 is 11.0. The Morgan fingerprint density at radius 3 is 1.73 bits per heavy atom. The maximum Gasteiger partial charge on any atom is 0.238 e. The predicted molar refractivity (Wildman–Crippen MR) is 134 cm³/mol. The van der Waals surface area contributed by atoms with Crippen LogP contribution in [0.4, 0.5) is 0 Å². The van der Waals surface area contributed by atoms with E-state index in [1.54, 1.807) is 36.4 Å². The molecule has 7 nitrogen and oxygen atoms in total. The van der Waals surface area contributed by atoms with E-state index in [-0.39, 0.29) is 36.4 Å². The summed E-state index contributed by atoms with van der Waals surface area (Å²) in [6.45, 7) is 0.578. The van der Waals surface area contributed by atoms with E-state index < -0.39 is 0 Å². The lowest BCUT2D eigenvalue weighted by Crippen LogP contribution is -2.48. The molecule has 0 spiro atoms. The highest BCUT2D eigenvalue weighted by molar-refractivity contribution is 7.80. The minimum Gasteiger partial charge on any atom is -0.492 e. The van der Waals surface area contributed by atoms with Gasteiger partial charge in [0.2, 0.25) is 11.8 Å². The number of carbonyl (C=O) groups is 2. The highest BCUT2D eigenvalue weighted by Crippen LogP contribution is 2.28. The fourth-order valence-corrected chi connectivity index (χ4v) is 3.51. The number of halogens is 4. The standard InChI is InChI=1S/C21H21Cl4N3O4S/c22-13-5-7-17(15(24)11-13)31-9-1-3-19(29)26-21(33)28-27-20(30)4-2-10-32-18-8-6-14(23)12-16(18)25/h5-8,11-12H,1-4,9-10H2,(H,27,30)(H2,26,28,29,33). The number of amides is 2. The van der Waals surface area contributed by atoms with E-state index in [4.69, 9.17) is 68.1 Å². The van der Waals surface area contributed by atoms with Crippen LogP contribution in [-0.2, 0) is 9.59 Å². The Balaban J connectivity index is 1.54. The molecule has 2 rings (SSSR count). The van der Waals surface area contributed by atoms with Crippen LogP contribution >= 0.6 is 58.6 Å². The highest BCUT2D eigenvalue weighted by atomic mass is 35.5. The van der Waals surface area contributed by atoms with Crippen LogP contribution in [0.1, 0.15) is 25.7 Å². The van der Waals surface area contributed by atoms with E-state index >= 15 is 0 Å². The second-order valence-electron chi connectivity index (χ2n) is 6.60. The molecule has 3 N–H and O–H groups in total. The van der Waals surface area contributed by atoms with E-state index in [1.807, 2.05) is 0 Å². The van der Waals surface area contributed by atoms with Crippen molar-refractivity contribution in [3.63, 3.8) is 0 Å². The Morgan fingerprint density at radius 1 is 0.758 bits per heavy atom. The molecule has 0 saturated heterocycles. The van der Waals surface area contributed by atoms with Crippen molar-refractivity contribution in [1.82, 2.24) is 16.2 Å². The van der Waals surface area contributed by atoms with Crippen LogP contribution in [0.2, 0.25) is 20.1 Å². The van der Waals surface area contributed by atoms with E-state index in [9.17, 15) is 9.59 Å². The Hall–Kier alpha value is -1.97. The summed E-state index contributed by atoms with van der Waals surface area (Å²) in [7, 11) is 0. The molecule has 0 aliphatic carbocycles. The van der Waals surface area contributed by atoms with Gasteiger partial charge < -0.3 is 14.8 Å². The van der Waals surface area contributed by atoms with Crippen molar-refractivity contribution in [2.45, 2.75) is 25.7 Å². The average molecular weight is 553 g/mol. The third-order valence-corrected chi connectivity index (χ3v) is 5.23. The first-order valence-corrected chi connectivity index (χ1v) is 11.7. The lowest BCUT2D eigenvalue weighted by atomic mass is 10.3. The smallest absolute Gasteiger partial charge is 0.238 e. The third kappa shape index (κ3) is 10.7. The molecule has 33 heavy (non-hydrogen) atoms. The molecule has 0 unspecified atom stereocenters. The Morgan fingerprint density at radius 2 is 1.24 bits per heavy atom. The van der Waals surface area contributed by atoms with Crippen molar-refractivity contribution in [2.75, 3.05) is 13.2 Å². The van der Waals surface area contributed by atoms with Crippen LogP contribution in [0.25, 0.3) is 0 Å². The Kier molecular flexibility index (Phi) is 11.8. The first kappa shape index (κ1) is 27.3. The number of benzene rings is 2. The number of rotatable bonds is 10. The SMILES string of the molecule is O=C(CCCOc1ccc(Cl)cc1Cl)NNC(=S)NC(=O)CCCOc1ccc(Cl)cc1Cl. The van der Waals surface area contributed by atoms with E-state index in [2.05, 4.69) is 16.2 Å². The number of hydrogen-bond acceptors (Lipinski definition) is 5. The first-order chi connectivity index (χ1) is 15.7. The van der Waals surface area contributed by atoms with Crippen molar-refractivity contribution in [3.8, 4) is 11.5 Å². The quantitative estimate of drug-likeness (QED) is 0.209. The van der Waals surface area contributed by atoms with Gasteiger partial charge in [0.1, 0.15) is 11.5 Å². The molecule has 12 heteroatoms. The van der Waals surface area contributed by atoms with E-state index in [1.165, 1.54) is 0 Å². The van der Waals surface area contributed by atoms with Crippen LogP contribution in [-0.4, -0.2) is 30.1 Å². The number of hydrazine groups is 1. The molecular formula is C21H21Cl4N3O4S. The lowest BCUT2D eigenvalue weighted by Gasteiger charge is -2.12. The molecule has 0 heterocycles. The van der Waals surface area contributed by atoms with Crippen LogP contribution in [0.3, 0.4) is 0 Å². The molecule has 0 bridgehead atoms. The lowest BCUT2D eigenvalue weighted by molar-refractivity contribution is -0.122. The highest BCUT2D eigenvalue weighted by Gasteiger charge is 2.08.